The molecule has 0 radical (unpaired) electrons. The number of halogens is 1. The Morgan fingerprint density at radius 1 is 0.941 bits per heavy atom. The number of aryl methyl sites for hydroxylation is 1. The molecule has 3 aromatic carbocycles. The average molecular weight is 469 g/mol. The summed E-state index contributed by atoms with van der Waals surface area (Å²) in [5.74, 6) is 0. The lowest BCUT2D eigenvalue weighted by molar-refractivity contribution is 0.313. The molecule has 1 saturated heterocycles. The molecular weight excluding hydrogens is 440 g/mol. The summed E-state index contributed by atoms with van der Waals surface area (Å²) in [6.07, 6.45) is 1.79. The van der Waals surface area contributed by atoms with Gasteiger partial charge >= 0.3 is 0 Å². The number of aromatic nitrogens is 1. The number of nitrogens with one attached hydrogen (secondary N) is 1. The van der Waals surface area contributed by atoms with Gasteiger partial charge in [0.2, 0.25) is 0 Å². The van der Waals surface area contributed by atoms with Gasteiger partial charge in [0.05, 0.1) is 11.4 Å². The van der Waals surface area contributed by atoms with Crippen LogP contribution in [0, 0.1) is 0 Å². The first-order valence-corrected chi connectivity index (χ1v) is 12.5. The highest BCUT2D eigenvalue weighted by molar-refractivity contribution is 6.34. The Morgan fingerprint density at radius 2 is 1.79 bits per heavy atom. The molecule has 5 heteroatoms. The van der Waals surface area contributed by atoms with Crippen LogP contribution in [0.2, 0.25) is 5.02 Å². The fraction of sp³-hybridized carbons (Fsp3) is 0.276. The Hall–Kier alpha value is -3.08. The summed E-state index contributed by atoms with van der Waals surface area (Å²) in [5.41, 5.74) is 10.5. The lowest BCUT2D eigenvalue weighted by Gasteiger charge is -2.34. The van der Waals surface area contributed by atoms with Crippen molar-refractivity contribution in [2.75, 3.05) is 38.1 Å². The molecule has 34 heavy (non-hydrogen) atoms. The number of aliphatic imine (C=N–C) groups is 1. The summed E-state index contributed by atoms with van der Waals surface area (Å²) >= 11 is 6.59. The van der Waals surface area contributed by atoms with Gasteiger partial charge in [-0.05, 0) is 66.6 Å². The van der Waals surface area contributed by atoms with Crippen LogP contribution in [0.25, 0.3) is 22.2 Å². The summed E-state index contributed by atoms with van der Waals surface area (Å²) < 4.78 is 0. The van der Waals surface area contributed by atoms with Crippen LogP contribution >= 0.6 is 11.6 Å². The molecule has 0 bridgehead atoms. The molecular formula is C29H29ClN4. The second-order valence-electron chi connectivity index (χ2n) is 9.49. The fourth-order valence-electron chi connectivity index (χ4n) is 5.07. The van der Waals surface area contributed by atoms with Crippen molar-refractivity contribution in [3.05, 3.63) is 82.4 Å². The summed E-state index contributed by atoms with van der Waals surface area (Å²) in [6, 6.07) is 21.9. The van der Waals surface area contributed by atoms with Gasteiger partial charge in [0, 0.05) is 65.5 Å². The molecule has 0 saturated carbocycles. The molecule has 1 aromatic heterocycles. The molecule has 172 valence electrons. The number of benzene rings is 3. The molecule has 2 aliphatic heterocycles. The smallest absolute Gasteiger partial charge is 0.0669 e. The van der Waals surface area contributed by atoms with Crippen LogP contribution < -0.4 is 4.90 Å². The number of fused-ring (bicyclic) bond motifs is 2. The van der Waals surface area contributed by atoms with Gasteiger partial charge < -0.3 is 14.8 Å². The van der Waals surface area contributed by atoms with Crippen molar-refractivity contribution in [1.82, 2.24) is 9.88 Å². The van der Waals surface area contributed by atoms with E-state index in [1.54, 1.807) is 0 Å². The maximum atomic E-state index is 6.59. The zero-order valence-corrected chi connectivity index (χ0v) is 20.5. The SMILES string of the molecule is CCc1ccc(C2=Nc3ccc(-c4cc5ccc(N6CCN(C)CC6)cc5[nH]4)cc3C2)c(Cl)c1. The first-order chi connectivity index (χ1) is 16.6. The van der Waals surface area contributed by atoms with Gasteiger partial charge in [-0.1, -0.05) is 42.8 Å². The molecule has 0 atom stereocenters. The molecule has 1 fully saturated rings. The minimum Gasteiger partial charge on any atom is -0.369 e. The van der Waals surface area contributed by atoms with Crippen molar-refractivity contribution < 1.29 is 0 Å². The maximum absolute atomic E-state index is 6.59. The van der Waals surface area contributed by atoms with Gasteiger partial charge in [-0.25, -0.2) is 0 Å². The monoisotopic (exact) mass is 468 g/mol. The van der Waals surface area contributed by atoms with E-state index < -0.39 is 0 Å². The van der Waals surface area contributed by atoms with Crippen molar-refractivity contribution in [2.45, 2.75) is 19.8 Å². The number of hydrogen-bond acceptors (Lipinski definition) is 3. The first kappa shape index (κ1) is 21.5. The Morgan fingerprint density at radius 3 is 2.59 bits per heavy atom. The van der Waals surface area contributed by atoms with Gasteiger partial charge in [0.1, 0.15) is 0 Å². The fourth-order valence-corrected chi connectivity index (χ4v) is 5.38. The van der Waals surface area contributed by atoms with Crippen molar-refractivity contribution in [3.8, 4) is 11.3 Å². The number of H-pyrrole nitrogens is 1. The number of anilines is 1. The summed E-state index contributed by atoms with van der Waals surface area (Å²) in [7, 11) is 2.19. The van der Waals surface area contributed by atoms with Crippen molar-refractivity contribution in [3.63, 3.8) is 0 Å². The Labute approximate surface area is 205 Å². The molecule has 0 amide bonds. The second-order valence-corrected chi connectivity index (χ2v) is 9.90. The number of nitrogens with zero attached hydrogens (tertiary/aromatic N) is 3. The summed E-state index contributed by atoms with van der Waals surface area (Å²) in [5, 5.41) is 2.03. The molecule has 4 aromatic rings. The molecule has 6 rings (SSSR count). The largest absolute Gasteiger partial charge is 0.369 e. The van der Waals surface area contributed by atoms with Crippen LogP contribution in [0.5, 0.6) is 0 Å². The average Bonchev–Trinajstić information content (AvgIpc) is 3.47. The highest BCUT2D eigenvalue weighted by atomic mass is 35.5. The van der Waals surface area contributed by atoms with Crippen molar-refractivity contribution in [2.24, 2.45) is 4.99 Å². The number of piperazine rings is 1. The maximum Gasteiger partial charge on any atom is 0.0669 e. The number of aromatic amines is 1. The van der Waals surface area contributed by atoms with Crippen LogP contribution in [0.15, 0.2) is 65.7 Å². The quantitative estimate of drug-likeness (QED) is 0.372. The Bertz CT molecular complexity index is 1410. The van der Waals surface area contributed by atoms with E-state index in [1.165, 1.54) is 33.3 Å². The summed E-state index contributed by atoms with van der Waals surface area (Å²) in [6.45, 7) is 6.52. The van der Waals surface area contributed by atoms with Crippen LogP contribution in [0.3, 0.4) is 0 Å². The summed E-state index contributed by atoms with van der Waals surface area (Å²) in [4.78, 5) is 13.4. The lowest BCUT2D eigenvalue weighted by Crippen LogP contribution is -2.44. The first-order valence-electron chi connectivity index (χ1n) is 12.1. The van der Waals surface area contributed by atoms with E-state index in [0.717, 1.165) is 66.7 Å². The van der Waals surface area contributed by atoms with Gasteiger partial charge in [-0.2, -0.15) is 0 Å². The van der Waals surface area contributed by atoms with E-state index in [9.17, 15) is 0 Å². The predicted molar refractivity (Wildman–Crippen MR) is 144 cm³/mol. The molecule has 2 aliphatic rings. The third-order valence-electron chi connectivity index (χ3n) is 7.23. The van der Waals surface area contributed by atoms with Crippen LogP contribution in [-0.4, -0.2) is 48.8 Å². The van der Waals surface area contributed by atoms with E-state index in [2.05, 4.69) is 89.4 Å². The van der Waals surface area contributed by atoms with Gasteiger partial charge in [-0.15, -0.1) is 0 Å². The van der Waals surface area contributed by atoms with E-state index in [0.29, 0.717) is 0 Å². The van der Waals surface area contributed by atoms with Gasteiger partial charge in [0.15, 0.2) is 0 Å². The van der Waals surface area contributed by atoms with E-state index in [4.69, 9.17) is 16.6 Å². The third-order valence-corrected chi connectivity index (χ3v) is 7.54. The van der Waals surface area contributed by atoms with Crippen LogP contribution in [0.1, 0.15) is 23.6 Å². The standard InChI is InChI=1S/C29H29ClN4/c1-3-19-4-8-24(25(30)14-19)29-17-22-15-20(6-9-26(22)31-29)27-16-21-5-7-23(18-28(21)32-27)34-12-10-33(2)11-13-34/h4-9,14-16,18,32H,3,10-13,17H2,1-2H3. The molecule has 0 aliphatic carbocycles. The van der Waals surface area contributed by atoms with E-state index in [-0.39, 0.29) is 0 Å². The zero-order valence-electron chi connectivity index (χ0n) is 19.7. The highest BCUT2D eigenvalue weighted by Crippen LogP contribution is 2.35. The normalized spacial score (nSPS) is 16.2. The number of hydrogen-bond donors (Lipinski definition) is 1. The number of rotatable bonds is 4. The Kier molecular flexibility index (Phi) is 5.43. The zero-order chi connectivity index (χ0) is 23.2. The highest BCUT2D eigenvalue weighted by Gasteiger charge is 2.20. The lowest BCUT2D eigenvalue weighted by atomic mass is 10.0. The number of likely N-dealkylation sites (N-methyl/N-ethyl adjacent to an activating group) is 1. The minimum absolute atomic E-state index is 0.790. The van der Waals surface area contributed by atoms with Crippen LogP contribution in [-0.2, 0) is 12.8 Å². The van der Waals surface area contributed by atoms with Gasteiger partial charge in [-0.3, -0.25) is 4.99 Å². The molecule has 0 unspecified atom stereocenters. The minimum atomic E-state index is 0.790. The van der Waals surface area contributed by atoms with E-state index >= 15 is 0 Å². The molecule has 4 nitrogen and oxygen atoms in total. The Balaban J connectivity index is 1.25. The second kappa shape index (κ2) is 8.61. The molecule has 1 N–H and O–H groups in total. The van der Waals surface area contributed by atoms with Gasteiger partial charge in [0.25, 0.3) is 0 Å². The van der Waals surface area contributed by atoms with E-state index in [1.807, 2.05) is 0 Å². The third kappa shape index (κ3) is 3.91. The topological polar surface area (TPSA) is 34.6 Å². The van der Waals surface area contributed by atoms with Crippen LogP contribution in [0.4, 0.5) is 11.4 Å². The molecule has 0 spiro atoms. The predicted octanol–water partition coefficient (Wildman–Crippen LogP) is 6.48. The van der Waals surface area contributed by atoms with Crippen molar-refractivity contribution >= 4 is 39.6 Å². The van der Waals surface area contributed by atoms with Crippen molar-refractivity contribution in [1.29, 1.82) is 0 Å². The molecule has 3 heterocycles.